The monoisotopic (exact) mass is 391 g/mol. The number of nitriles is 1. The quantitative estimate of drug-likeness (QED) is 0.753. The molecule has 1 aromatic carbocycles. The van der Waals surface area contributed by atoms with Crippen LogP contribution in [-0.2, 0) is 14.6 Å². The van der Waals surface area contributed by atoms with E-state index in [0.717, 1.165) is 31.2 Å². The van der Waals surface area contributed by atoms with Crippen LogP contribution in [-0.4, -0.2) is 44.6 Å². The highest BCUT2D eigenvalue weighted by Crippen LogP contribution is 2.27. The molecule has 148 valence electrons. The molecule has 1 atom stereocenters. The van der Waals surface area contributed by atoms with Gasteiger partial charge in [0.15, 0.2) is 9.84 Å². The van der Waals surface area contributed by atoms with Crippen molar-refractivity contribution in [3.8, 4) is 6.07 Å². The minimum atomic E-state index is -3.22. The molecule has 2 rings (SSSR count). The molecule has 0 saturated heterocycles. The van der Waals surface area contributed by atoms with Crippen molar-refractivity contribution in [1.29, 1.82) is 5.26 Å². The molecule has 1 aliphatic rings. The van der Waals surface area contributed by atoms with Gasteiger partial charge < -0.3 is 5.32 Å². The minimum Gasteiger partial charge on any atom is -0.337 e. The number of benzene rings is 1. The van der Waals surface area contributed by atoms with Gasteiger partial charge in [0.25, 0.3) is 0 Å². The van der Waals surface area contributed by atoms with Crippen LogP contribution in [0.3, 0.4) is 0 Å². The number of sulfone groups is 1. The Kier molecular flexibility index (Phi) is 7.01. The van der Waals surface area contributed by atoms with Gasteiger partial charge in [0.05, 0.1) is 17.5 Å². The lowest BCUT2D eigenvalue weighted by atomic mass is 9.92. The predicted molar refractivity (Wildman–Crippen MR) is 105 cm³/mol. The molecule has 0 aromatic heterocycles. The molecule has 1 amide bonds. The Balaban J connectivity index is 1.99. The standard InChI is InChI=1S/C20H29N3O3S/c1-16(17-8-10-18(11-9-17)27(3,25)26)23(2)14-19(24)22-20(15-21)12-6-4-5-7-13-20/h8-11,16H,4-7,12-14H2,1-3H3,(H,22,24). The highest BCUT2D eigenvalue weighted by atomic mass is 32.2. The third-order valence-electron chi connectivity index (χ3n) is 5.39. The first-order valence-corrected chi connectivity index (χ1v) is 11.3. The number of likely N-dealkylation sites (N-methyl/N-ethyl adjacent to an activating group) is 1. The Hall–Kier alpha value is -1.91. The molecule has 27 heavy (non-hydrogen) atoms. The number of hydrogen-bond acceptors (Lipinski definition) is 5. The van der Waals surface area contributed by atoms with Crippen molar-refractivity contribution < 1.29 is 13.2 Å². The first-order chi connectivity index (χ1) is 12.7. The Labute approximate surface area is 162 Å². The maximum atomic E-state index is 12.5. The van der Waals surface area contributed by atoms with Crippen LogP contribution in [0.25, 0.3) is 0 Å². The lowest BCUT2D eigenvalue weighted by Crippen LogP contribution is -2.50. The van der Waals surface area contributed by atoms with Gasteiger partial charge in [-0.25, -0.2) is 8.42 Å². The van der Waals surface area contributed by atoms with Gasteiger partial charge in [-0.2, -0.15) is 5.26 Å². The zero-order chi connectivity index (χ0) is 20.1. The number of nitrogens with zero attached hydrogens (tertiary/aromatic N) is 2. The second kappa shape index (κ2) is 8.85. The smallest absolute Gasteiger partial charge is 0.235 e. The fraction of sp³-hybridized carbons (Fsp3) is 0.600. The van der Waals surface area contributed by atoms with E-state index >= 15 is 0 Å². The van der Waals surface area contributed by atoms with Gasteiger partial charge in [0, 0.05) is 12.3 Å². The molecule has 0 aliphatic heterocycles. The second-order valence-electron chi connectivity index (χ2n) is 7.59. The van der Waals surface area contributed by atoms with Crippen molar-refractivity contribution in [3.63, 3.8) is 0 Å². The van der Waals surface area contributed by atoms with Gasteiger partial charge >= 0.3 is 0 Å². The second-order valence-corrected chi connectivity index (χ2v) is 9.60. The maximum absolute atomic E-state index is 12.5. The molecule has 1 aromatic rings. The van der Waals surface area contributed by atoms with Crippen LogP contribution in [0.15, 0.2) is 29.2 Å². The van der Waals surface area contributed by atoms with E-state index in [1.54, 1.807) is 24.3 Å². The number of rotatable bonds is 6. The Morgan fingerprint density at radius 1 is 1.22 bits per heavy atom. The topological polar surface area (TPSA) is 90.3 Å². The van der Waals surface area contributed by atoms with E-state index in [1.807, 2.05) is 18.9 Å². The Morgan fingerprint density at radius 3 is 2.26 bits per heavy atom. The van der Waals surface area contributed by atoms with E-state index in [0.29, 0.717) is 12.8 Å². The van der Waals surface area contributed by atoms with Crippen LogP contribution in [0, 0.1) is 11.3 Å². The number of carbonyl (C=O) groups is 1. The normalized spacial score (nSPS) is 18.3. The molecule has 0 radical (unpaired) electrons. The molecule has 7 heteroatoms. The average molecular weight is 392 g/mol. The Morgan fingerprint density at radius 2 is 1.78 bits per heavy atom. The number of hydrogen-bond donors (Lipinski definition) is 1. The molecule has 1 fully saturated rings. The van der Waals surface area contributed by atoms with Crippen LogP contribution in [0.5, 0.6) is 0 Å². The third kappa shape index (κ3) is 5.78. The summed E-state index contributed by atoms with van der Waals surface area (Å²) in [5.41, 5.74) is 0.191. The third-order valence-corrected chi connectivity index (χ3v) is 6.52. The molecule has 0 spiro atoms. The van der Waals surface area contributed by atoms with Gasteiger partial charge in [0.1, 0.15) is 5.54 Å². The van der Waals surface area contributed by atoms with E-state index in [2.05, 4.69) is 11.4 Å². The number of nitrogens with one attached hydrogen (secondary N) is 1. The molecule has 1 unspecified atom stereocenters. The van der Waals surface area contributed by atoms with E-state index in [-0.39, 0.29) is 23.4 Å². The van der Waals surface area contributed by atoms with E-state index in [1.165, 1.54) is 6.26 Å². The Bertz CT molecular complexity index is 789. The molecular weight excluding hydrogens is 362 g/mol. The van der Waals surface area contributed by atoms with Crippen molar-refractivity contribution in [3.05, 3.63) is 29.8 Å². The summed E-state index contributed by atoms with van der Waals surface area (Å²) in [7, 11) is -1.37. The zero-order valence-corrected chi connectivity index (χ0v) is 17.2. The van der Waals surface area contributed by atoms with Crippen LogP contribution in [0.2, 0.25) is 0 Å². The number of carbonyl (C=O) groups excluding carboxylic acids is 1. The first-order valence-electron chi connectivity index (χ1n) is 9.39. The van der Waals surface area contributed by atoms with E-state index < -0.39 is 15.4 Å². The predicted octanol–water partition coefficient (Wildman–Crippen LogP) is 2.82. The highest BCUT2D eigenvalue weighted by Gasteiger charge is 2.32. The first kappa shape index (κ1) is 21.4. The van der Waals surface area contributed by atoms with Crippen LogP contribution < -0.4 is 5.32 Å². The summed E-state index contributed by atoms with van der Waals surface area (Å²) in [6.45, 7) is 2.15. The summed E-state index contributed by atoms with van der Waals surface area (Å²) in [5.74, 6) is -0.152. The maximum Gasteiger partial charge on any atom is 0.235 e. The summed E-state index contributed by atoms with van der Waals surface area (Å²) in [6.07, 6.45) is 6.75. The molecule has 1 aliphatic carbocycles. The van der Waals surface area contributed by atoms with Crippen LogP contribution in [0.1, 0.15) is 57.1 Å². The van der Waals surface area contributed by atoms with Gasteiger partial charge in [-0.3, -0.25) is 9.69 Å². The van der Waals surface area contributed by atoms with Gasteiger partial charge in [-0.05, 0) is 44.5 Å². The minimum absolute atomic E-state index is 0.0588. The van der Waals surface area contributed by atoms with Gasteiger partial charge in [-0.15, -0.1) is 0 Å². The van der Waals surface area contributed by atoms with Gasteiger partial charge in [0.2, 0.25) is 5.91 Å². The summed E-state index contributed by atoms with van der Waals surface area (Å²) in [5, 5.41) is 12.6. The fourth-order valence-electron chi connectivity index (χ4n) is 3.51. The molecule has 0 bridgehead atoms. The molecule has 0 heterocycles. The summed E-state index contributed by atoms with van der Waals surface area (Å²) >= 11 is 0. The van der Waals surface area contributed by atoms with Crippen molar-refractivity contribution >= 4 is 15.7 Å². The van der Waals surface area contributed by atoms with Crippen molar-refractivity contribution in [1.82, 2.24) is 10.2 Å². The average Bonchev–Trinajstić information content (AvgIpc) is 2.86. The molecule has 1 N–H and O–H groups in total. The summed E-state index contributed by atoms with van der Waals surface area (Å²) in [6, 6.07) is 9.00. The van der Waals surface area contributed by atoms with Crippen LogP contribution in [0.4, 0.5) is 0 Å². The molecule has 6 nitrogen and oxygen atoms in total. The zero-order valence-electron chi connectivity index (χ0n) is 16.4. The van der Waals surface area contributed by atoms with E-state index in [9.17, 15) is 18.5 Å². The van der Waals surface area contributed by atoms with Crippen molar-refractivity contribution in [2.75, 3.05) is 19.8 Å². The van der Waals surface area contributed by atoms with E-state index in [4.69, 9.17) is 0 Å². The largest absolute Gasteiger partial charge is 0.337 e. The van der Waals surface area contributed by atoms with Crippen molar-refractivity contribution in [2.24, 2.45) is 0 Å². The van der Waals surface area contributed by atoms with Gasteiger partial charge in [-0.1, -0.05) is 37.8 Å². The lowest BCUT2D eigenvalue weighted by Gasteiger charge is -2.29. The molecular formula is C20H29N3O3S. The van der Waals surface area contributed by atoms with Crippen LogP contribution >= 0.6 is 0 Å². The highest BCUT2D eigenvalue weighted by molar-refractivity contribution is 7.90. The SMILES string of the molecule is CC(c1ccc(S(C)(=O)=O)cc1)N(C)CC(=O)NC1(C#N)CCCCCC1. The summed E-state index contributed by atoms with van der Waals surface area (Å²) in [4.78, 5) is 14.7. The van der Waals surface area contributed by atoms with Crippen molar-refractivity contribution in [2.45, 2.75) is 61.9 Å². The number of amides is 1. The lowest BCUT2D eigenvalue weighted by molar-refractivity contribution is -0.123. The molecule has 1 saturated carbocycles. The summed E-state index contributed by atoms with van der Waals surface area (Å²) < 4.78 is 23.2. The fourth-order valence-corrected chi connectivity index (χ4v) is 4.15.